The molecule has 0 amide bonds. The number of sulfonamides is 1. The molecule has 0 saturated carbocycles. The molecular formula is C15H16FNO4S. The molecule has 0 saturated heterocycles. The van der Waals surface area contributed by atoms with E-state index < -0.39 is 15.8 Å². The maximum absolute atomic E-state index is 13.7. The fourth-order valence-electron chi connectivity index (χ4n) is 1.90. The van der Waals surface area contributed by atoms with Gasteiger partial charge in [0.25, 0.3) is 10.0 Å². The summed E-state index contributed by atoms with van der Waals surface area (Å²) in [4.78, 5) is -0.0499. The molecular weight excluding hydrogens is 309 g/mol. The van der Waals surface area contributed by atoms with Crippen molar-refractivity contribution in [3.05, 3.63) is 47.8 Å². The van der Waals surface area contributed by atoms with E-state index in [2.05, 4.69) is 4.72 Å². The summed E-state index contributed by atoms with van der Waals surface area (Å²) in [6.45, 7) is 1.74. The Morgan fingerprint density at radius 1 is 1.00 bits per heavy atom. The lowest BCUT2D eigenvalue weighted by Crippen LogP contribution is -2.14. The monoisotopic (exact) mass is 325 g/mol. The average molecular weight is 325 g/mol. The van der Waals surface area contributed by atoms with Crippen LogP contribution in [0, 0.1) is 12.7 Å². The van der Waals surface area contributed by atoms with E-state index in [0.717, 1.165) is 5.56 Å². The molecule has 0 aliphatic rings. The average Bonchev–Trinajstić information content (AvgIpc) is 2.49. The number of hydrogen-bond acceptors (Lipinski definition) is 4. The van der Waals surface area contributed by atoms with E-state index in [1.54, 1.807) is 13.0 Å². The van der Waals surface area contributed by atoms with Gasteiger partial charge in [-0.15, -0.1) is 0 Å². The van der Waals surface area contributed by atoms with Crippen LogP contribution >= 0.6 is 0 Å². The largest absolute Gasteiger partial charge is 0.493 e. The van der Waals surface area contributed by atoms with E-state index in [9.17, 15) is 12.8 Å². The molecule has 2 rings (SSSR count). The molecule has 0 aromatic heterocycles. The zero-order valence-electron chi connectivity index (χ0n) is 12.4. The Hall–Kier alpha value is -2.28. The van der Waals surface area contributed by atoms with Gasteiger partial charge in [-0.3, -0.25) is 4.72 Å². The summed E-state index contributed by atoms with van der Waals surface area (Å²) >= 11 is 0. The molecule has 0 unspecified atom stereocenters. The molecule has 0 radical (unpaired) electrons. The van der Waals surface area contributed by atoms with Gasteiger partial charge in [0.15, 0.2) is 11.5 Å². The normalized spacial score (nSPS) is 11.1. The Bertz CT molecular complexity index is 790. The molecule has 0 heterocycles. The number of ether oxygens (including phenoxy) is 2. The van der Waals surface area contributed by atoms with Crippen molar-refractivity contribution in [2.24, 2.45) is 0 Å². The SMILES string of the molecule is COc1ccc(S(=O)(=O)Nc2cc(C)ccc2F)cc1OC. The summed E-state index contributed by atoms with van der Waals surface area (Å²) in [7, 11) is -1.08. The van der Waals surface area contributed by atoms with E-state index in [0.29, 0.717) is 5.75 Å². The van der Waals surface area contributed by atoms with Gasteiger partial charge in [0.1, 0.15) is 5.82 Å². The number of benzene rings is 2. The quantitative estimate of drug-likeness (QED) is 0.918. The lowest BCUT2D eigenvalue weighted by atomic mass is 10.2. The van der Waals surface area contributed by atoms with Crippen LogP contribution in [0.4, 0.5) is 10.1 Å². The Kier molecular flexibility index (Phi) is 4.56. The zero-order chi connectivity index (χ0) is 16.3. The van der Waals surface area contributed by atoms with Crippen molar-refractivity contribution >= 4 is 15.7 Å². The first-order chi connectivity index (χ1) is 10.4. The summed E-state index contributed by atoms with van der Waals surface area (Å²) in [6.07, 6.45) is 0. The minimum absolute atomic E-state index is 0.0499. The van der Waals surface area contributed by atoms with Crippen LogP contribution in [0.3, 0.4) is 0 Å². The van der Waals surface area contributed by atoms with E-state index in [1.165, 1.54) is 44.6 Å². The van der Waals surface area contributed by atoms with Gasteiger partial charge < -0.3 is 9.47 Å². The summed E-state index contributed by atoms with van der Waals surface area (Å²) in [5.41, 5.74) is 0.640. The molecule has 5 nitrogen and oxygen atoms in total. The molecule has 22 heavy (non-hydrogen) atoms. The Morgan fingerprint density at radius 2 is 1.68 bits per heavy atom. The standard InChI is InChI=1S/C15H16FNO4S/c1-10-4-6-12(16)13(8-10)17-22(18,19)11-5-7-14(20-2)15(9-11)21-3/h4-9,17H,1-3H3. The number of anilines is 1. The molecule has 0 atom stereocenters. The van der Waals surface area contributed by atoms with Gasteiger partial charge in [0.05, 0.1) is 24.8 Å². The lowest BCUT2D eigenvalue weighted by Gasteiger charge is -2.12. The maximum atomic E-state index is 13.7. The molecule has 0 fully saturated rings. The Morgan fingerprint density at radius 3 is 2.32 bits per heavy atom. The fraction of sp³-hybridized carbons (Fsp3) is 0.200. The third kappa shape index (κ3) is 3.30. The Labute approximate surface area is 128 Å². The molecule has 1 N–H and O–H groups in total. The van der Waals surface area contributed by atoms with Crippen LogP contribution in [0.1, 0.15) is 5.56 Å². The number of nitrogens with one attached hydrogen (secondary N) is 1. The predicted molar refractivity (Wildman–Crippen MR) is 81.5 cm³/mol. The molecule has 0 aliphatic heterocycles. The van der Waals surface area contributed by atoms with Crippen LogP contribution in [-0.2, 0) is 10.0 Å². The van der Waals surface area contributed by atoms with E-state index in [4.69, 9.17) is 9.47 Å². The van der Waals surface area contributed by atoms with Gasteiger partial charge in [-0.05, 0) is 36.8 Å². The number of hydrogen-bond donors (Lipinski definition) is 1. The van der Waals surface area contributed by atoms with Gasteiger partial charge in [-0.1, -0.05) is 6.07 Å². The zero-order valence-corrected chi connectivity index (χ0v) is 13.2. The molecule has 0 spiro atoms. The van der Waals surface area contributed by atoms with Crippen molar-refractivity contribution in [1.29, 1.82) is 0 Å². The van der Waals surface area contributed by atoms with Crippen LogP contribution in [0.25, 0.3) is 0 Å². The molecule has 7 heteroatoms. The summed E-state index contributed by atoms with van der Waals surface area (Å²) < 4.78 is 50.8. The fourth-order valence-corrected chi connectivity index (χ4v) is 2.98. The first kappa shape index (κ1) is 16.1. The van der Waals surface area contributed by atoms with Crippen molar-refractivity contribution < 1.29 is 22.3 Å². The highest BCUT2D eigenvalue weighted by molar-refractivity contribution is 7.92. The first-order valence-corrected chi connectivity index (χ1v) is 7.86. The van der Waals surface area contributed by atoms with Crippen LogP contribution in [-0.4, -0.2) is 22.6 Å². The minimum atomic E-state index is -3.94. The first-order valence-electron chi connectivity index (χ1n) is 6.38. The minimum Gasteiger partial charge on any atom is -0.493 e. The van der Waals surface area contributed by atoms with Crippen LogP contribution in [0.2, 0.25) is 0 Å². The Balaban J connectivity index is 2.40. The van der Waals surface area contributed by atoms with Gasteiger partial charge in [-0.2, -0.15) is 0 Å². The van der Waals surface area contributed by atoms with Crippen molar-refractivity contribution in [2.45, 2.75) is 11.8 Å². The van der Waals surface area contributed by atoms with Gasteiger partial charge in [0, 0.05) is 6.07 Å². The number of halogens is 1. The number of aryl methyl sites for hydroxylation is 1. The predicted octanol–water partition coefficient (Wildman–Crippen LogP) is 2.95. The summed E-state index contributed by atoms with van der Waals surface area (Å²) in [5.74, 6) is 0.0351. The van der Waals surface area contributed by atoms with E-state index in [1.807, 2.05) is 0 Å². The van der Waals surface area contributed by atoms with Crippen molar-refractivity contribution in [1.82, 2.24) is 0 Å². The van der Waals surface area contributed by atoms with Crippen LogP contribution in [0.5, 0.6) is 11.5 Å². The van der Waals surface area contributed by atoms with Crippen molar-refractivity contribution in [2.75, 3.05) is 18.9 Å². The summed E-state index contributed by atoms with van der Waals surface area (Å²) in [5, 5.41) is 0. The third-order valence-corrected chi connectivity index (χ3v) is 4.39. The lowest BCUT2D eigenvalue weighted by molar-refractivity contribution is 0.354. The molecule has 2 aromatic carbocycles. The third-order valence-electron chi connectivity index (χ3n) is 3.03. The van der Waals surface area contributed by atoms with Crippen molar-refractivity contribution in [3.8, 4) is 11.5 Å². The van der Waals surface area contributed by atoms with Crippen LogP contribution in [0.15, 0.2) is 41.3 Å². The second kappa shape index (κ2) is 6.23. The second-order valence-electron chi connectivity index (χ2n) is 4.61. The number of methoxy groups -OCH3 is 2. The summed E-state index contributed by atoms with van der Waals surface area (Å²) in [6, 6.07) is 8.34. The van der Waals surface area contributed by atoms with E-state index >= 15 is 0 Å². The highest BCUT2D eigenvalue weighted by Crippen LogP contribution is 2.30. The van der Waals surface area contributed by atoms with Gasteiger partial charge in [-0.25, -0.2) is 12.8 Å². The smallest absolute Gasteiger partial charge is 0.262 e. The topological polar surface area (TPSA) is 64.6 Å². The highest BCUT2D eigenvalue weighted by atomic mass is 32.2. The van der Waals surface area contributed by atoms with E-state index in [-0.39, 0.29) is 16.3 Å². The molecule has 0 bridgehead atoms. The molecule has 0 aliphatic carbocycles. The maximum Gasteiger partial charge on any atom is 0.262 e. The van der Waals surface area contributed by atoms with Crippen molar-refractivity contribution in [3.63, 3.8) is 0 Å². The van der Waals surface area contributed by atoms with Crippen LogP contribution < -0.4 is 14.2 Å². The second-order valence-corrected chi connectivity index (χ2v) is 6.29. The molecule has 118 valence electrons. The van der Waals surface area contributed by atoms with Gasteiger partial charge in [0.2, 0.25) is 0 Å². The highest BCUT2D eigenvalue weighted by Gasteiger charge is 2.18. The number of rotatable bonds is 5. The van der Waals surface area contributed by atoms with Gasteiger partial charge >= 0.3 is 0 Å². The molecule has 2 aromatic rings.